The highest BCUT2D eigenvalue weighted by molar-refractivity contribution is 5.35. The molecule has 2 atom stereocenters. The van der Waals surface area contributed by atoms with Crippen LogP contribution in [0.5, 0.6) is 5.75 Å². The lowest BCUT2D eigenvalue weighted by Crippen LogP contribution is -2.11. The van der Waals surface area contributed by atoms with Gasteiger partial charge in [-0.15, -0.1) is 0 Å². The molecule has 0 saturated carbocycles. The molecule has 0 spiro atoms. The first-order valence-corrected chi connectivity index (χ1v) is 12.8. The third-order valence-electron chi connectivity index (χ3n) is 7.35. The average molecular weight is 455 g/mol. The van der Waals surface area contributed by atoms with Gasteiger partial charge in [-0.05, 0) is 106 Å². The number of hydrogen-bond acceptors (Lipinski definition) is 1. The van der Waals surface area contributed by atoms with E-state index in [9.17, 15) is 0 Å². The van der Waals surface area contributed by atoms with Crippen molar-refractivity contribution in [3.8, 4) is 5.75 Å². The van der Waals surface area contributed by atoms with Crippen LogP contribution < -0.4 is 4.74 Å². The highest BCUT2D eigenvalue weighted by atomic mass is 16.5. The van der Waals surface area contributed by atoms with Crippen molar-refractivity contribution in [1.82, 2.24) is 0 Å². The first-order valence-electron chi connectivity index (χ1n) is 12.8. The third kappa shape index (κ3) is 7.62. The Bertz CT molecular complexity index is 1080. The van der Waals surface area contributed by atoms with Crippen molar-refractivity contribution in [3.63, 3.8) is 0 Å². The summed E-state index contributed by atoms with van der Waals surface area (Å²) in [6.45, 7) is 15.9. The molecule has 0 heterocycles. The lowest BCUT2D eigenvalue weighted by Gasteiger charge is -2.22. The van der Waals surface area contributed by atoms with Gasteiger partial charge in [-0.25, -0.2) is 0 Å². The van der Waals surface area contributed by atoms with Crippen LogP contribution in [0.4, 0.5) is 0 Å². The summed E-state index contributed by atoms with van der Waals surface area (Å²) in [7, 11) is 0. The second-order valence-electron chi connectivity index (χ2n) is 10.2. The van der Waals surface area contributed by atoms with Crippen LogP contribution in [0.3, 0.4) is 0 Å². The molecule has 3 rings (SSSR count). The fourth-order valence-electron chi connectivity index (χ4n) is 4.61. The average Bonchev–Trinajstić information content (AvgIpc) is 2.82. The largest absolute Gasteiger partial charge is 0.489 e. The van der Waals surface area contributed by atoms with Gasteiger partial charge in [0, 0.05) is 0 Å². The summed E-state index contributed by atoms with van der Waals surface area (Å²) in [5.41, 5.74) is 9.42. The number of rotatable bonds is 12. The Kier molecular flexibility index (Phi) is 9.57. The molecule has 0 saturated heterocycles. The number of allylic oxidation sites excluding steroid dienone is 1. The smallest absolute Gasteiger partial charge is 0.123 e. The van der Waals surface area contributed by atoms with Gasteiger partial charge in [-0.1, -0.05) is 85.3 Å². The van der Waals surface area contributed by atoms with Crippen molar-refractivity contribution in [2.45, 2.75) is 73.3 Å². The van der Waals surface area contributed by atoms with Gasteiger partial charge in [-0.2, -0.15) is 0 Å². The summed E-state index contributed by atoms with van der Waals surface area (Å²) < 4.78 is 6.33. The molecule has 1 heteroatoms. The minimum absolute atomic E-state index is 0.566. The molecular formula is C33H42O. The summed E-state index contributed by atoms with van der Waals surface area (Å²) in [6.07, 6.45) is 5.79. The van der Waals surface area contributed by atoms with Gasteiger partial charge < -0.3 is 4.74 Å². The van der Waals surface area contributed by atoms with E-state index in [1.54, 1.807) is 0 Å². The van der Waals surface area contributed by atoms with Crippen LogP contribution >= 0.6 is 0 Å². The maximum atomic E-state index is 6.33. The lowest BCUT2D eigenvalue weighted by molar-refractivity contribution is 0.299. The van der Waals surface area contributed by atoms with E-state index in [0.29, 0.717) is 18.4 Å². The van der Waals surface area contributed by atoms with Gasteiger partial charge in [-0.3, -0.25) is 0 Å². The van der Waals surface area contributed by atoms with E-state index in [1.807, 2.05) is 0 Å². The molecule has 0 aromatic heterocycles. The molecule has 0 radical (unpaired) electrons. The van der Waals surface area contributed by atoms with Gasteiger partial charge >= 0.3 is 0 Å². The number of para-hydroxylation sites is 1. The highest BCUT2D eigenvalue weighted by Gasteiger charge is 2.16. The van der Waals surface area contributed by atoms with Crippen molar-refractivity contribution in [2.75, 3.05) is 0 Å². The normalized spacial score (nSPS) is 12.9. The van der Waals surface area contributed by atoms with E-state index in [2.05, 4.69) is 108 Å². The first kappa shape index (κ1) is 25.8. The lowest BCUT2D eigenvalue weighted by atomic mass is 9.85. The molecular weight excluding hydrogens is 412 g/mol. The topological polar surface area (TPSA) is 9.23 Å². The SMILES string of the molecule is C=C(C)[C@@H](C)CCC(CCc1cccc(C)c1C)Cc1ccccc1OCc1cccc(C)c1. The Hall–Kier alpha value is -2.80. The maximum Gasteiger partial charge on any atom is 0.123 e. The Labute approximate surface area is 207 Å². The minimum atomic E-state index is 0.566. The van der Waals surface area contributed by atoms with Gasteiger partial charge in [0.25, 0.3) is 0 Å². The second-order valence-corrected chi connectivity index (χ2v) is 10.2. The molecule has 0 amide bonds. The van der Waals surface area contributed by atoms with E-state index < -0.39 is 0 Å². The predicted octanol–water partition coefficient (Wildman–Crippen LogP) is 8.97. The van der Waals surface area contributed by atoms with Crippen molar-refractivity contribution < 1.29 is 4.74 Å². The quantitative estimate of drug-likeness (QED) is 0.248. The molecule has 0 N–H and O–H groups in total. The van der Waals surface area contributed by atoms with Crippen molar-refractivity contribution in [3.05, 3.63) is 112 Å². The fraction of sp³-hybridized carbons (Fsp3) is 0.394. The van der Waals surface area contributed by atoms with Crippen molar-refractivity contribution in [1.29, 1.82) is 0 Å². The maximum absolute atomic E-state index is 6.33. The highest BCUT2D eigenvalue weighted by Crippen LogP contribution is 2.29. The Balaban J connectivity index is 1.72. The molecule has 0 aliphatic carbocycles. The Morgan fingerprint density at radius 2 is 1.59 bits per heavy atom. The van der Waals surface area contributed by atoms with Gasteiger partial charge in [0.1, 0.15) is 12.4 Å². The molecule has 1 unspecified atom stereocenters. The van der Waals surface area contributed by atoms with Crippen LogP contribution in [-0.2, 0) is 19.4 Å². The van der Waals surface area contributed by atoms with Crippen LogP contribution in [0.25, 0.3) is 0 Å². The summed E-state index contributed by atoms with van der Waals surface area (Å²) in [6, 6.07) is 23.9. The van der Waals surface area contributed by atoms with E-state index in [0.717, 1.165) is 18.6 Å². The first-order chi connectivity index (χ1) is 16.3. The third-order valence-corrected chi connectivity index (χ3v) is 7.35. The zero-order valence-electron chi connectivity index (χ0n) is 21.9. The molecule has 34 heavy (non-hydrogen) atoms. The number of benzene rings is 3. The summed E-state index contributed by atoms with van der Waals surface area (Å²) in [5.74, 6) is 2.20. The molecule has 0 aliphatic rings. The number of hydrogen-bond donors (Lipinski definition) is 0. The van der Waals surface area contributed by atoms with Crippen LogP contribution in [0.2, 0.25) is 0 Å². The zero-order valence-corrected chi connectivity index (χ0v) is 21.9. The minimum Gasteiger partial charge on any atom is -0.489 e. The fourth-order valence-corrected chi connectivity index (χ4v) is 4.61. The summed E-state index contributed by atoms with van der Waals surface area (Å²) in [4.78, 5) is 0. The number of ether oxygens (including phenoxy) is 1. The number of aryl methyl sites for hydroxylation is 3. The van der Waals surface area contributed by atoms with Crippen molar-refractivity contribution in [2.24, 2.45) is 11.8 Å². The van der Waals surface area contributed by atoms with Crippen molar-refractivity contribution >= 4 is 0 Å². The van der Waals surface area contributed by atoms with E-state index >= 15 is 0 Å². The molecule has 0 bridgehead atoms. The van der Waals surface area contributed by atoms with Gasteiger partial charge in [0.05, 0.1) is 0 Å². The zero-order chi connectivity index (χ0) is 24.5. The van der Waals surface area contributed by atoms with Gasteiger partial charge in [0.15, 0.2) is 0 Å². The predicted molar refractivity (Wildman–Crippen MR) is 147 cm³/mol. The van der Waals surface area contributed by atoms with E-state index in [4.69, 9.17) is 4.74 Å². The second kappa shape index (κ2) is 12.6. The standard InChI is InChI=1S/C33H42O/c1-24(2)26(4)17-18-29(19-20-31-15-10-12-27(5)28(31)6)22-32-14-7-8-16-33(32)34-23-30-13-9-11-25(3)21-30/h7-16,21,26,29H,1,17-20,22-23H2,2-6H3/t26-,29?/m0/s1. The summed E-state index contributed by atoms with van der Waals surface area (Å²) in [5, 5.41) is 0. The molecule has 180 valence electrons. The molecule has 3 aromatic carbocycles. The van der Waals surface area contributed by atoms with Gasteiger partial charge in [0.2, 0.25) is 0 Å². The Morgan fingerprint density at radius 3 is 2.35 bits per heavy atom. The Morgan fingerprint density at radius 1 is 0.853 bits per heavy atom. The summed E-state index contributed by atoms with van der Waals surface area (Å²) >= 11 is 0. The van der Waals surface area contributed by atoms with Crippen LogP contribution in [0, 0.1) is 32.6 Å². The van der Waals surface area contributed by atoms with Crippen LogP contribution in [-0.4, -0.2) is 0 Å². The van der Waals surface area contributed by atoms with Crippen LogP contribution in [0.1, 0.15) is 66.5 Å². The van der Waals surface area contributed by atoms with E-state index in [1.165, 1.54) is 58.2 Å². The molecule has 3 aromatic rings. The molecule has 1 nitrogen and oxygen atoms in total. The van der Waals surface area contributed by atoms with Crippen LogP contribution in [0.15, 0.2) is 78.9 Å². The monoisotopic (exact) mass is 454 g/mol. The molecule has 0 fully saturated rings. The molecule has 0 aliphatic heterocycles. The van der Waals surface area contributed by atoms with E-state index in [-0.39, 0.29) is 0 Å².